The first-order valence-electron chi connectivity index (χ1n) is 27.6. The lowest BCUT2D eigenvalue weighted by molar-refractivity contribution is 0.590. The summed E-state index contributed by atoms with van der Waals surface area (Å²) in [6.45, 7) is 15.1. The van der Waals surface area contributed by atoms with Crippen molar-refractivity contribution in [1.82, 2.24) is 19.5 Å². The van der Waals surface area contributed by atoms with Gasteiger partial charge in [0.2, 0.25) is 0 Å². The van der Waals surface area contributed by atoms with Gasteiger partial charge in [0.05, 0.1) is 16.7 Å². The van der Waals surface area contributed by atoms with Gasteiger partial charge in [0.1, 0.15) is 0 Å². The van der Waals surface area contributed by atoms with Gasteiger partial charge in [0, 0.05) is 38.6 Å². The van der Waals surface area contributed by atoms with E-state index >= 15 is 0 Å². The Bertz CT molecular complexity index is 4140. The Kier molecular flexibility index (Phi) is 14.0. The van der Waals surface area contributed by atoms with Crippen LogP contribution in [-0.2, 0) is 5.41 Å². The van der Waals surface area contributed by atoms with Gasteiger partial charge < -0.3 is 4.57 Å². The minimum atomic E-state index is -0.0414. The Morgan fingerprint density at radius 3 is 1.25 bits per heavy atom. The SMILES string of the molecule is C=C/C=C\C=C\c1ccc(-c2nc(-c3ccc(-c4ccccc4)cc3)nc(-c3cc(-c4ccc(C(C)C)cc4)c(-n4c5ccc(-c6ccccc6)cc5c5cc(-c6ccccc6)ccc54)c(-c4ccc(C(C)(C)C)cc4)c3)n2)cc1. The third kappa shape index (κ3) is 10.4. The Balaban J connectivity index is 1.15. The van der Waals surface area contributed by atoms with Crippen LogP contribution in [0, 0.1) is 0 Å². The molecule has 0 radical (unpaired) electrons. The van der Waals surface area contributed by atoms with Crippen LogP contribution in [0.4, 0.5) is 0 Å². The molecule has 0 aliphatic carbocycles. The summed E-state index contributed by atoms with van der Waals surface area (Å²) in [6, 6.07) is 85.7. The number of nitrogens with zero attached hydrogens (tertiary/aromatic N) is 4. The molecule has 0 aliphatic heterocycles. The molecular weight excluding hydrogens is 969 g/mol. The zero-order valence-electron chi connectivity index (χ0n) is 46.0. The number of rotatable bonds is 13. The van der Waals surface area contributed by atoms with E-state index in [1.807, 2.05) is 24.3 Å². The summed E-state index contributed by atoms with van der Waals surface area (Å²) < 4.78 is 2.51. The average Bonchev–Trinajstić information content (AvgIpc) is 3.86. The van der Waals surface area contributed by atoms with Gasteiger partial charge in [-0.25, -0.2) is 15.0 Å². The van der Waals surface area contributed by atoms with E-state index in [-0.39, 0.29) is 5.41 Å². The molecule has 386 valence electrons. The van der Waals surface area contributed by atoms with Crippen LogP contribution in [0.1, 0.15) is 57.2 Å². The third-order valence-electron chi connectivity index (χ3n) is 15.2. The van der Waals surface area contributed by atoms with Gasteiger partial charge in [0.25, 0.3) is 0 Å². The first kappa shape index (κ1) is 51.0. The van der Waals surface area contributed by atoms with Gasteiger partial charge in [-0.3, -0.25) is 0 Å². The second-order valence-electron chi connectivity index (χ2n) is 21.9. The van der Waals surface area contributed by atoms with Gasteiger partial charge in [0.15, 0.2) is 17.5 Å². The highest BCUT2D eigenvalue weighted by molar-refractivity contribution is 6.13. The van der Waals surface area contributed by atoms with Crippen LogP contribution in [0.3, 0.4) is 0 Å². The van der Waals surface area contributed by atoms with Crippen molar-refractivity contribution in [2.24, 2.45) is 0 Å². The van der Waals surface area contributed by atoms with E-state index in [0.717, 1.165) is 72.4 Å². The number of allylic oxidation sites excluding steroid dienone is 4. The molecule has 12 rings (SSSR count). The van der Waals surface area contributed by atoms with Crippen LogP contribution >= 0.6 is 0 Å². The molecule has 4 heteroatoms. The molecular formula is C76H62N4. The number of hydrogen-bond acceptors (Lipinski definition) is 3. The number of aromatic nitrogens is 4. The van der Waals surface area contributed by atoms with Crippen molar-refractivity contribution in [3.8, 4) is 95.5 Å². The first-order valence-corrected chi connectivity index (χ1v) is 27.6. The molecule has 2 aromatic heterocycles. The maximum Gasteiger partial charge on any atom is 0.164 e. The number of fused-ring (bicyclic) bond motifs is 3. The third-order valence-corrected chi connectivity index (χ3v) is 15.2. The van der Waals surface area contributed by atoms with E-state index in [0.29, 0.717) is 23.4 Å². The average molecular weight is 1030 g/mol. The normalized spacial score (nSPS) is 11.9. The van der Waals surface area contributed by atoms with Gasteiger partial charge in [-0.1, -0.05) is 272 Å². The van der Waals surface area contributed by atoms with Crippen LogP contribution in [-0.4, -0.2) is 19.5 Å². The molecule has 0 saturated carbocycles. The zero-order valence-corrected chi connectivity index (χ0v) is 46.0. The molecule has 0 amide bonds. The predicted molar refractivity (Wildman–Crippen MR) is 339 cm³/mol. The zero-order chi connectivity index (χ0) is 54.7. The van der Waals surface area contributed by atoms with Gasteiger partial charge in [-0.05, 0) is 109 Å². The fourth-order valence-electron chi connectivity index (χ4n) is 10.8. The molecule has 2 heterocycles. The summed E-state index contributed by atoms with van der Waals surface area (Å²) in [4.78, 5) is 16.1. The topological polar surface area (TPSA) is 43.6 Å². The van der Waals surface area contributed by atoms with Crippen LogP contribution < -0.4 is 0 Å². The highest BCUT2D eigenvalue weighted by atomic mass is 15.0. The number of benzene rings is 10. The lowest BCUT2D eigenvalue weighted by Crippen LogP contribution is -2.10. The summed E-state index contributed by atoms with van der Waals surface area (Å²) in [5, 5.41) is 2.36. The van der Waals surface area contributed by atoms with E-state index in [1.165, 1.54) is 44.2 Å². The van der Waals surface area contributed by atoms with Crippen LogP contribution in [0.2, 0.25) is 0 Å². The molecule has 0 bridgehead atoms. The van der Waals surface area contributed by atoms with Gasteiger partial charge in [-0.15, -0.1) is 0 Å². The van der Waals surface area contributed by atoms with E-state index in [1.54, 1.807) is 6.08 Å². The molecule has 80 heavy (non-hydrogen) atoms. The summed E-state index contributed by atoms with van der Waals surface area (Å²) in [7, 11) is 0. The first-order chi connectivity index (χ1) is 39.1. The van der Waals surface area contributed by atoms with Crippen LogP contribution in [0.5, 0.6) is 0 Å². The van der Waals surface area contributed by atoms with Gasteiger partial charge >= 0.3 is 0 Å². The Hall–Kier alpha value is -9.77. The van der Waals surface area contributed by atoms with Crippen molar-refractivity contribution in [2.45, 2.75) is 46.0 Å². The summed E-state index contributed by atoms with van der Waals surface area (Å²) in [5.41, 5.74) is 20.8. The lowest BCUT2D eigenvalue weighted by atomic mass is 9.85. The van der Waals surface area contributed by atoms with E-state index in [9.17, 15) is 0 Å². The van der Waals surface area contributed by atoms with Crippen LogP contribution in [0.25, 0.3) is 123 Å². The minimum absolute atomic E-state index is 0.0414. The molecule has 10 aromatic carbocycles. The Labute approximate surface area is 470 Å². The smallest absolute Gasteiger partial charge is 0.164 e. The lowest BCUT2D eigenvalue weighted by Gasteiger charge is -2.23. The maximum absolute atomic E-state index is 5.44. The van der Waals surface area contributed by atoms with E-state index in [2.05, 4.69) is 282 Å². The second-order valence-corrected chi connectivity index (χ2v) is 21.9. The molecule has 0 unspecified atom stereocenters. The second kappa shape index (κ2) is 21.9. The van der Waals surface area contributed by atoms with Crippen molar-refractivity contribution in [3.63, 3.8) is 0 Å². The predicted octanol–water partition coefficient (Wildman–Crippen LogP) is 20.5. The Morgan fingerprint density at radius 1 is 0.388 bits per heavy atom. The fraction of sp³-hybridized carbons (Fsp3) is 0.0921. The molecule has 0 spiro atoms. The van der Waals surface area contributed by atoms with Crippen LogP contribution in [0.15, 0.2) is 267 Å². The molecule has 0 aliphatic rings. The summed E-state index contributed by atoms with van der Waals surface area (Å²) in [5.74, 6) is 2.13. The quantitative estimate of drug-likeness (QED) is 0.108. The van der Waals surface area contributed by atoms with E-state index < -0.39 is 0 Å². The molecule has 0 atom stereocenters. The highest BCUT2D eigenvalue weighted by Crippen LogP contribution is 2.46. The minimum Gasteiger partial charge on any atom is -0.308 e. The number of hydrogen-bond donors (Lipinski definition) is 0. The molecule has 0 fully saturated rings. The van der Waals surface area contributed by atoms with Crippen molar-refractivity contribution in [3.05, 3.63) is 284 Å². The highest BCUT2D eigenvalue weighted by Gasteiger charge is 2.25. The standard InChI is InChI=1S/C76H62N4/c1-7-8-9-13-20-52-27-29-60(30-28-52)73-77-74(61-37-33-57(34-38-61)54-21-14-10-15-22-54)79-75(78-73)64-49-66(58-35-31-53(32-36-58)51(2)3)72(67(50-64)59-39-43-65(44-40-59)76(4,5)6)80-70-45-41-62(55-23-16-11-17-24-55)47-68(70)69-48-63(42-46-71(69)80)56-25-18-12-19-26-56/h7-51H,1H2,2-6H3/b9-8-,20-13+. The van der Waals surface area contributed by atoms with Crippen molar-refractivity contribution in [1.29, 1.82) is 0 Å². The summed E-state index contributed by atoms with van der Waals surface area (Å²) >= 11 is 0. The maximum atomic E-state index is 5.44. The van der Waals surface area contributed by atoms with Crippen molar-refractivity contribution >= 4 is 27.9 Å². The monoisotopic (exact) mass is 1030 g/mol. The van der Waals surface area contributed by atoms with Crippen molar-refractivity contribution in [2.75, 3.05) is 0 Å². The van der Waals surface area contributed by atoms with Crippen molar-refractivity contribution < 1.29 is 0 Å². The molecule has 0 saturated heterocycles. The van der Waals surface area contributed by atoms with Gasteiger partial charge in [-0.2, -0.15) is 0 Å². The molecule has 4 nitrogen and oxygen atoms in total. The largest absolute Gasteiger partial charge is 0.308 e. The fourth-order valence-corrected chi connectivity index (χ4v) is 10.8. The Morgan fingerprint density at radius 2 is 0.787 bits per heavy atom. The van der Waals surface area contributed by atoms with E-state index in [4.69, 9.17) is 15.0 Å². The molecule has 0 N–H and O–H groups in total. The molecule has 12 aromatic rings. The summed E-state index contributed by atoms with van der Waals surface area (Å²) in [6.07, 6.45) is 9.77.